The summed E-state index contributed by atoms with van der Waals surface area (Å²) in [6.45, 7) is 6.82. The van der Waals surface area contributed by atoms with Crippen LogP contribution in [0.5, 0.6) is 0 Å². The topological polar surface area (TPSA) is 39.7 Å². The number of guanidine groups is 1. The van der Waals surface area contributed by atoms with Crippen molar-refractivity contribution in [2.45, 2.75) is 45.1 Å². The highest BCUT2D eigenvalue weighted by Gasteiger charge is 2.21. The summed E-state index contributed by atoms with van der Waals surface area (Å²) >= 11 is 0. The van der Waals surface area contributed by atoms with Crippen molar-refractivity contribution in [3.63, 3.8) is 0 Å². The van der Waals surface area contributed by atoms with E-state index in [1.165, 1.54) is 38.6 Å². The Labute approximate surface area is 111 Å². The van der Waals surface area contributed by atoms with Crippen molar-refractivity contribution in [3.05, 3.63) is 0 Å². The zero-order valence-corrected chi connectivity index (χ0v) is 11.9. The second-order valence-electron chi connectivity index (χ2n) is 5.70. The van der Waals surface area contributed by atoms with Crippen LogP contribution >= 0.6 is 0 Å². The minimum atomic E-state index is 0.752. The largest absolute Gasteiger partial charge is 0.356 e. The number of hydrogen-bond donors (Lipinski definition) is 2. The highest BCUT2D eigenvalue weighted by molar-refractivity contribution is 5.79. The molecule has 2 fully saturated rings. The quantitative estimate of drug-likeness (QED) is 0.574. The molecule has 1 aliphatic heterocycles. The molecule has 0 spiro atoms. The second-order valence-corrected chi connectivity index (χ2v) is 5.70. The molecular formula is C14H28N4. The van der Waals surface area contributed by atoms with Crippen LogP contribution in [0.25, 0.3) is 0 Å². The van der Waals surface area contributed by atoms with Crippen LogP contribution in [0.3, 0.4) is 0 Å². The Bertz CT molecular complexity index is 273. The molecule has 0 bridgehead atoms. The van der Waals surface area contributed by atoms with Gasteiger partial charge in [0, 0.05) is 32.7 Å². The number of nitrogens with one attached hydrogen (secondary N) is 2. The van der Waals surface area contributed by atoms with Gasteiger partial charge in [0.1, 0.15) is 0 Å². The first-order valence-electron chi connectivity index (χ1n) is 7.48. The Morgan fingerprint density at radius 1 is 1.22 bits per heavy atom. The summed E-state index contributed by atoms with van der Waals surface area (Å²) < 4.78 is 0. The molecule has 0 aromatic carbocycles. The van der Waals surface area contributed by atoms with Crippen molar-refractivity contribution in [2.75, 3.05) is 33.2 Å². The molecule has 1 atom stereocenters. The fraction of sp³-hybridized carbons (Fsp3) is 0.929. The van der Waals surface area contributed by atoms with E-state index in [1.807, 2.05) is 7.05 Å². The van der Waals surface area contributed by atoms with Crippen LogP contribution in [-0.2, 0) is 0 Å². The first-order chi connectivity index (χ1) is 8.79. The smallest absolute Gasteiger partial charge is 0.191 e. The third kappa shape index (κ3) is 4.48. The van der Waals surface area contributed by atoms with Gasteiger partial charge in [0.25, 0.3) is 0 Å². The summed E-state index contributed by atoms with van der Waals surface area (Å²) in [5.41, 5.74) is 0. The highest BCUT2D eigenvalue weighted by atomic mass is 15.2. The molecule has 2 N–H and O–H groups in total. The van der Waals surface area contributed by atoms with Gasteiger partial charge >= 0.3 is 0 Å². The van der Waals surface area contributed by atoms with Crippen LogP contribution in [0.2, 0.25) is 0 Å². The van der Waals surface area contributed by atoms with Gasteiger partial charge in [-0.25, -0.2) is 0 Å². The van der Waals surface area contributed by atoms with Crippen LogP contribution in [-0.4, -0.2) is 50.1 Å². The van der Waals surface area contributed by atoms with Crippen molar-refractivity contribution < 1.29 is 0 Å². The van der Waals surface area contributed by atoms with Crippen molar-refractivity contribution >= 4 is 5.96 Å². The summed E-state index contributed by atoms with van der Waals surface area (Å²) in [6.07, 6.45) is 6.88. The van der Waals surface area contributed by atoms with E-state index < -0.39 is 0 Å². The molecule has 0 aromatic rings. The number of piperidine rings is 1. The van der Waals surface area contributed by atoms with Gasteiger partial charge in [-0.2, -0.15) is 0 Å². The van der Waals surface area contributed by atoms with E-state index in [4.69, 9.17) is 0 Å². The molecule has 4 heteroatoms. The van der Waals surface area contributed by atoms with Gasteiger partial charge in [-0.05, 0) is 45.1 Å². The Morgan fingerprint density at radius 2 is 2.06 bits per heavy atom. The van der Waals surface area contributed by atoms with Gasteiger partial charge in [0.2, 0.25) is 0 Å². The molecule has 2 rings (SSSR count). The van der Waals surface area contributed by atoms with E-state index in [1.54, 1.807) is 0 Å². The monoisotopic (exact) mass is 252 g/mol. The van der Waals surface area contributed by atoms with Crippen molar-refractivity contribution in [1.82, 2.24) is 15.5 Å². The summed E-state index contributed by atoms with van der Waals surface area (Å²) in [5.74, 6) is 1.86. The number of aliphatic imine (C=N–C) groups is 1. The molecule has 0 amide bonds. The van der Waals surface area contributed by atoms with Crippen LogP contribution < -0.4 is 10.6 Å². The molecular weight excluding hydrogens is 224 g/mol. The van der Waals surface area contributed by atoms with Gasteiger partial charge in [-0.3, -0.25) is 9.89 Å². The molecule has 4 nitrogen and oxygen atoms in total. The van der Waals surface area contributed by atoms with Crippen LogP contribution in [0.15, 0.2) is 4.99 Å². The lowest BCUT2D eigenvalue weighted by atomic mass is 10.0. The Hall–Kier alpha value is -0.770. The summed E-state index contributed by atoms with van der Waals surface area (Å²) in [6, 6.07) is 0.752. The second kappa shape index (κ2) is 6.98. The maximum Gasteiger partial charge on any atom is 0.191 e. The fourth-order valence-corrected chi connectivity index (χ4v) is 2.59. The number of likely N-dealkylation sites (tertiary alicyclic amines) is 1. The lowest BCUT2D eigenvalue weighted by Crippen LogP contribution is -2.45. The number of rotatable bonds is 5. The van der Waals surface area contributed by atoms with Crippen molar-refractivity contribution in [3.8, 4) is 0 Å². The van der Waals surface area contributed by atoms with E-state index in [2.05, 4.69) is 27.4 Å². The molecule has 1 unspecified atom stereocenters. The fourth-order valence-electron chi connectivity index (χ4n) is 2.59. The zero-order valence-electron chi connectivity index (χ0n) is 11.9. The first kappa shape index (κ1) is 13.7. The molecule has 1 saturated heterocycles. The SMILES string of the molecule is CN=C(NCCN1CCCCC1C)NCC1CC1. The van der Waals surface area contributed by atoms with E-state index in [-0.39, 0.29) is 0 Å². The predicted octanol–water partition coefficient (Wildman–Crippen LogP) is 1.44. The summed E-state index contributed by atoms with van der Waals surface area (Å²) in [7, 11) is 1.85. The average Bonchev–Trinajstić information content (AvgIpc) is 3.19. The molecule has 2 aliphatic rings. The van der Waals surface area contributed by atoms with Crippen LogP contribution in [0.1, 0.15) is 39.0 Å². The maximum absolute atomic E-state index is 4.27. The van der Waals surface area contributed by atoms with E-state index in [0.717, 1.165) is 37.6 Å². The third-order valence-electron chi connectivity index (χ3n) is 4.11. The Morgan fingerprint density at radius 3 is 2.72 bits per heavy atom. The molecule has 0 aromatic heterocycles. The Balaban J connectivity index is 1.60. The first-order valence-corrected chi connectivity index (χ1v) is 7.48. The number of nitrogens with zero attached hydrogens (tertiary/aromatic N) is 2. The van der Waals surface area contributed by atoms with Crippen molar-refractivity contribution in [2.24, 2.45) is 10.9 Å². The molecule has 104 valence electrons. The molecule has 1 saturated carbocycles. The van der Waals surface area contributed by atoms with E-state index >= 15 is 0 Å². The standard InChI is InChI=1S/C14H28N4/c1-12-5-3-4-9-18(12)10-8-16-14(15-2)17-11-13-6-7-13/h12-13H,3-11H2,1-2H3,(H2,15,16,17). The third-order valence-corrected chi connectivity index (χ3v) is 4.11. The lowest BCUT2D eigenvalue weighted by Gasteiger charge is -2.33. The molecule has 0 radical (unpaired) electrons. The highest BCUT2D eigenvalue weighted by Crippen LogP contribution is 2.27. The number of hydrogen-bond acceptors (Lipinski definition) is 2. The van der Waals surface area contributed by atoms with Crippen LogP contribution in [0.4, 0.5) is 0 Å². The summed E-state index contributed by atoms with van der Waals surface area (Å²) in [5, 5.41) is 6.82. The normalized spacial score (nSPS) is 26.1. The van der Waals surface area contributed by atoms with Gasteiger partial charge in [-0.15, -0.1) is 0 Å². The Kier molecular flexibility index (Phi) is 5.29. The summed E-state index contributed by atoms with van der Waals surface area (Å²) in [4.78, 5) is 6.85. The van der Waals surface area contributed by atoms with Gasteiger partial charge in [-0.1, -0.05) is 6.42 Å². The molecule has 1 heterocycles. The van der Waals surface area contributed by atoms with Crippen LogP contribution in [0, 0.1) is 5.92 Å². The zero-order chi connectivity index (χ0) is 12.8. The molecule has 18 heavy (non-hydrogen) atoms. The minimum Gasteiger partial charge on any atom is -0.356 e. The predicted molar refractivity (Wildman–Crippen MR) is 77.0 cm³/mol. The minimum absolute atomic E-state index is 0.752. The average molecular weight is 252 g/mol. The van der Waals surface area contributed by atoms with E-state index in [0.29, 0.717) is 0 Å². The maximum atomic E-state index is 4.27. The lowest BCUT2D eigenvalue weighted by molar-refractivity contribution is 0.163. The molecule has 1 aliphatic carbocycles. The van der Waals surface area contributed by atoms with Crippen molar-refractivity contribution in [1.29, 1.82) is 0 Å². The van der Waals surface area contributed by atoms with Gasteiger partial charge in [0.05, 0.1) is 0 Å². The van der Waals surface area contributed by atoms with E-state index in [9.17, 15) is 0 Å². The van der Waals surface area contributed by atoms with Gasteiger partial charge in [0.15, 0.2) is 5.96 Å². The van der Waals surface area contributed by atoms with Gasteiger partial charge < -0.3 is 10.6 Å².